The van der Waals surface area contributed by atoms with E-state index in [1.165, 1.54) is 16.7 Å². The van der Waals surface area contributed by atoms with Crippen LogP contribution in [-0.4, -0.2) is 39.7 Å². The lowest BCUT2D eigenvalue weighted by molar-refractivity contribution is 0.0270. The Hall–Kier alpha value is -3.41. The number of aromatic nitrogens is 2. The zero-order valence-corrected chi connectivity index (χ0v) is 21.9. The lowest BCUT2D eigenvalue weighted by Gasteiger charge is -2.29. The third-order valence-electron chi connectivity index (χ3n) is 6.23. The zero-order valence-electron chi connectivity index (χ0n) is 21.9. The van der Waals surface area contributed by atoms with Crippen molar-refractivity contribution in [3.05, 3.63) is 70.6 Å². The number of hydrogen-bond acceptors (Lipinski definition) is 5. The number of anilines is 1. The maximum Gasteiger partial charge on any atom is 0.410 e. The van der Waals surface area contributed by atoms with Gasteiger partial charge in [-0.25, -0.2) is 14.8 Å². The number of aryl methyl sites for hydroxylation is 3. The molecule has 1 atom stereocenters. The van der Waals surface area contributed by atoms with Crippen LogP contribution in [0.2, 0.25) is 0 Å². The van der Waals surface area contributed by atoms with E-state index < -0.39 is 5.60 Å². The highest BCUT2D eigenvalue weighted by atomic mass is 16.6. The monoisotopic (exact) mass is 472 g/mol. The average molecular weight is 473 g/mol. The highest BCUT2D eigenvalue weighted by Gasteiger charge is 2.24. The number of rotatable bonds is 4. The van der Waals surface area contributed by atoms with Crippen molar-refractivity contribution in [1.29, 1.82) is 0 Å². The maximum absolute atomic E-state index is 12.5. The van der Waals surface area contributed by atoms with Gasteiger partial charge in [-0.15, -0.1) is 0 Å². The van der Waals surface area contributed by atoms with Crippen LogP contribution in [0.25, 0.3) is 16.5 Å². The fraction of sp³-hybridized carbons (Fsp3) is 0.414. The first-order valence-corrected chi connectivity index (χ1v) is 12.3. The highest BCUT2D eigenvalue weighted by molar-refractivity contribution is 5.94. The molecule has 0 saturated carbocycles. The van der Waals surface area contributed by atoms with Crippen molar-refractivity contribution in [3.8, 4) is 0 Å². The largest absolute Gasteiger partial charge is 0.444 e. The first kappa shape index (κ1) is 24.7. The van der Waals surface area contributed by atoms with Gasteiger partial charge in [0.2, 0.25) is 0 Å². The predicted molar refractivity (Wildman–Crippen MR) is 143 cm³/mol. The van der Waals surface area contributed by atoms with Crippen LogP contribution in [0, 0.1) is 20.8 Å². The molecule has 2 heterocycles. The summed E-state index contributed by atoms with van der Waals surface area (Å²) in [4.78, 5) is 23.7. The lowest BCUT2D eigenvalue weighted by atomic mass is 9.95. The van der Waals surface area contributed by atoms with Crippen molar-refractivity contribution < 1.29 is 9.53 Å². The van der Waals surface area contributed by atoms with Crippen molar-refractivity contribution in [2.75, 3.05) is 18.4 Å². The summed E-state index contributed by atoms with van der Waals surface area (Å²) >= 11 is 0. The van der Waals surface area contributed by atoms with E-state index in [9.17, 15) is 4.79 Å². The van der Waals surface area contributed by atoms with Gasteiger partial charge in [-0.1, -0.05) is 35.9 Å². The molecule has 1 amide bonds. The summed E-state index contributed by atoms with van der Waals surface area (Å²) in [5.41, 5.74) is 6.43. The SMILES string of the molecule is Cc1cccc([C@@H](C)Nc2nc(C)nc3c(C)cc(C4=CCN(C(=O)OC(C)(C)C)CC4)cc23)c1. The Morgan fingerprint density at radius 2 is 1.89 bits per heavy atom. The third-order valence-corrected chi connectivity index (χ3v) is 6.23. The standard InChI is InChI=1S/C29H36N4O2/c1-18-9-8-10-23(15-18)20(3)30-27-25-17-24(16-19(2)26(25)31-21(4)32-27)22-11-13-33(14-12-22)28(34)35-29(5,6)7/h8-11,15-17,20H,12-14H2,1-7H3,(H,30,31,32)/t20-/m1/s1. The minimum absolute atomic E-state index is 0.104. The van der Waals surface area contributed by atoms with Gasteiger partial charge >= 0.3 is 6.09 Å². The summed E-state index contributed by atoms with van der Waals surface area (Å²) in [6, 6.07) is 13.0. The van der Waals surface area contributed by atoms with E-state index in [2.05, 4.69) is 68.6 Å². The fourth-order valence-corrected chi connectivity index (χ4v) is 4.46. The summed E-state index contributed by atoms with van der Waals surface area (Å²) in [7, 11) is 0. The molecule has 35 heavy (non-hydrogen) atoms. The van der Waals surface area contributed by atoms with Crippen LogP contribution in [-0.2, 0) is 4.74 Å². The number of benzene rings is 2. The van der Waals surface area contributed by atoms with Gasteiger partial charge in [0.15, 0.2) is 0 Å². The minimum Gasteiger partial charge on any atom is -0.444 e. The lowest BCUT2D eigenvalue weighted by Crippen LogP contribution is -2.39. The molecule has 0 aliphatic carbocycles. The quantitative estimate of drug-likeness (QED) is 0.455. The van der Waals surface area contributed by atoms with Crippen molar-refractivity contribution in [3.63, 3.8) is 0 Å². The molecule has 0 radical (unpaired) electrons. The van der Waals surface area contributed by atoms with Gasteiger partial charge in [0.1, 0.15) is 17.2 Å². The number of amides is 1. The van der Waals surface area contributed by atoms with E-state index in [1.54, 1.807) is 4.90 Å². The zero-order chi connectivity index (χ0) is 25.3. The summed E-state index contributed by atoms with van der Waals surface area (Å²) in [5.74, 6) is 1.59. The highest BCUT2D eigenvalue weighted by Crippen LogP contribution is 2.32. The average Bonchev–Trinajstić information content (AvgIpc) is 2.78. The molecule has 4 rings (SSSR count). The summed E-state index contributed by atoms with van der Waals surface area (Å²) < 4.78 is 5.54. The number of ether oxygens (including phenoxy) is 1. The van der Waals surface area contributed by atoms with E-state index in [0.717, 1.165) is 40.1 Å². The fourth-order valence-electron chi connectivity index (χ4n) is 4.46. The number of nitrogens with zero attached hydrogens (tertiary/aromatic N) is 3. The maximum atomic E-state index is 12.5. The van der Waals surface area contributed by atoms with Gasteiger partial charge in [0.25, 0.3) is 0 Å². The summed E-state index contributed by atoms with van der Waals surface area (Å²) in [6.45, 7) is 15.2. The minimum atomic E-state index is -0.492. The summed E-state index contributed by atoms with van der Waals surface area (Å²) in [5, 5.41) is 4.64. The number of nitrogens with one attached hydrogen (secondary N) is 1. The molecule has 1 aliphatic rings. The molecule has 0 saturated heterocycles. The van der Waals surface area contributed by atoms with Gasteiger partial charge in [0, 0.05) is 24.5 Å². The Labute approximate surface area is 208 Å². The van der Waals surface area contributed by atoms with Gasteiger partial charge in [-0.2, -0.15) is 0 Å². The van der Waals surface area contributed by atoms with Gasteiger partial charge in [-0.3, -0.25) is 0 Å². The second-order valence-electron chi connectivity index (χ2n) is 10.5. The molecule has 0 bridgehead atoms. The molecule has 2 aromatic carbocycles. The van der Waals surface area contributed by atoms with Crippen molar-refractivity contribution >= 4 is 28.4 Å². The molecule has 3 aromatic rings. The molecule has 0 unspecified atom stereocenters. The van der Waals surface area contributed by atoms with Crippen LogP contribution < -0.4 is 5.32 Å². The number of hydrogen-bond donors (Lipinski definition) is 1. The topological polar surface area (TPSA) is 67.4 Å². The first-order chi connectivity index (χ1) is 16.5. The van der Waals surface area contributed by atoms with Crippen LogP contribution in [0.1, 0.15) is 68.2 Å². The van der Waals surface area contributed by atoms with E-state index in [4.69, 9.17) is 14.7 Å². The van der Waals surface area contributed by atoms with Gasteiger partial charge in [0.05, 0.1) is 5.52 Å². The smallest absolute Gasteiger partial charge is 0.410 e. The van der Waals surface area contributed by atoms with Gasteiger partial charge < -0.3 is 15.0 Å². The molecule has 6 heteroatoms. The van der Waals surface area contributed by atoms with Crippen molar-refractivity contribution in [1.82, 2.24) is 14.9 Å². The molecule has 184 valence electrons. The Morgan fingerprint density at radius 3 is 2.54 bits per heavy atom. The van der Waals surface area contributed by atoms with E-state index in [0.29, 0.717) is 13.1 Å². The molecule has 1 aliphatic heterocycles. The second kappa shape index (κ2) is 9.68. The molecular formula is C29H36N4O2. The van der Waals surface area contributed by atoms with Crippen molar-refractivity contribution in [2.24, 2.45) is 0 Å². The second-order valence-corrected chi connectivity index (χ2v) is 10.5. The molecule has 0 spiro atoms. The van der Waals surface area contributed by atoms with Gasteiger partial charge in [-0.05, 0) is 89.3 Å². The molecular weight excluding hydrogens is 436 g/mol. The Morgan fingerprint density at radius 1 is 1.11 bits per heavy atom. The van der Waals surface area contributed by atoms with E-state index in [1.807, 2.05) is 27.7 Å². The van der Waals surface area contributed by atoms with Crippen LogP contribution in [0.4, 0.5) is 10.6 Å². The van der Waals surface area contributed by atoms with Crippen molar-refractivity contribution in [2.45, 2.75) is 66.5 Å². The van der Waals surface area contributed by atoms with E-state index in [-0.39, 0.29) is 12.1 Å². The normalized spacial score (nSPS) is 15.1. The third kappa shape index (κ3) is 5.81. The van der Waals surface area contributed by atoms with Crippen LogP contribution in [0.15, 0.2) is 42.5 Å². The van der Waals surface area contributed by atoms with Crippen LogP contribution in [0.5, 0.6) is 0 Å². The van der Waals surface area contributed by atoms with Crippen LogP contribution >= 0.6 is 0 Å². The first-order valence-electron chi connectivity index (χ1n) is 12.3. The molecule has 0 fully saturated rings. The van der Waals surface area contributed by atoms with Crippen LogP contribution in [0.3, 0.4) is 0 Å². The molecule has 6 nitrogen and oxygen atoms in total. The Balaban J connectivity index is 1.64. The predicted octanol–water partition coefficient (Wildman–Crippen LogP) is 6.75. The molecule has 1 N–H and O–H groups in total. The molecule has 1 aromatic heterocycles. The number of carbonyl (C=O) groups excluding carboxylic acids is 1. The number of fused-ring (bicyclic) bond motifs is 1. The van der Waals surface area contributed by atoms with E-state index >= 15 is 0 Å². The Kier molecular flexibility index (Phi) is 6.84. The Bertz CT molecular complexity index is 1290. The number of carbonyl (C=O) groups is 1. The summed E-state index contributed by atoms with van der Waals surface area (Å²) in [6.07, 6.45) is 2.65.